The molecule has 1 aliphatic carbocycles. The van der Waals surface area contributed by atoms with Crippen LogP contribution >= 0.6 is 0 Å². The van der Waals surface area contributed by atoms with Crippen LogP contribution in [0, 0.1) is 5.92 Å². The Morgan fingerprint density at radius 2 is 1.95 bits per heavy atom. The summed E-state index contributed by atoms with van der Waals surface area (Å²) in [4.78, 5) is 11.8. The molecule has 0 aliphatic heterocycles. The van der Waals surface area contributed by atoms with Crippen molar-refractivity contribution < 1.29 is 9.53 Å². The third-order valence-corrected chi connectivity index (χ3v) is 3.71. The molecule has 19 heavy (non-hydrogen) atoms. The topological polar surface area (TPSA) is 64.3 Å². The van der Waals surface area contributed by atoms with Crippen molar-refractivity contribution in [1.29, 1.82) is 0 Å². The molecule has 112 valence electrons. The molecular weight excluding hydrogens is 240 g/mol. The second-order valence-electron chi connectivity index (χ2n) is 5.96. The molecule has 0 unspecified atom stereocenters. The van der Waals surface area contributed by atoms with Crippen molar-refractivity contribution in [3.05, 3.63) is 0 Å². The molecule has 4 heteroatoms. The summed E-state index contributed by atoms with van der Waals surface area (Å²) in [6.45, 7) is 5.64. The Hall–Kier alpha value is -0.610. The molecule has 0 aromatic carbocycles. The van der Waals surface area contributed by atoms with Gasteiger partial charge in [-0.1, -0.05) is 0 Å². The minimum Gasteiger partial charge on any atom is -0.379 e. The highest BCUT2D eigenvalue weighted by Crippen LogP contribution is 2.25. The maximum atomic E-state index is 11.8. The van der Waals surface area contributed by atoms with Crippen LogP contribution in [0.1, 0.15) is 58.8 Å². The van der Waals surface area contributed by atoms with Crippen LogP contribution in [0.25, 0.3) is 0 Å². The van der Waals surface area contributed by atoms with E-state index in [0.717, 1.165) is 51.7 Å². The van der Waals surface area contributed by atoms with E-state index >= 15 is 0 Å². The summed E-state index contributed by atoms with van der Waals surface area (Å²) in [7, 11) is 0. The molecule has 0 aromatic rings. The van der Waals surface area contributed by atoms with Gasteiger partial charge in [0.2, 0.25) is 5.91 Å². The third-order valence-electron chi connectivity index (χ3n) is 3.71. The lowest BCUT2D eigenvalue weighted by Gasteiger charge is -2.25. The Morgan fingerprint density at radius 1 is 1.26 bits per heavy atom. The van der Waals surface area contributed by atoms with Crippen LogP contribution in [-0.4, -0.2) is 31.2 Å². The Bertz CT molecular complexity index is 249. The lowest BCUT2D eigenvalue weighted by Crippen LogP contribution is -2.31. The predicted octanol–water partition coefficient (Wildman–Crippen LogP) is 2.22. The van der Waals surface area contributed by atoms with E-state index in [2.05, 4.69) is 5.32 Å². The van der Waals surface area contributed by atoms with Crippen LogP contribution in [0.3, 0.4) is 0 Å². The number of rotatable bonds is 8. The van der Waals surface area contributed by atoms with Crippen molar-refractivity contribution in [3.8, 4) is 0 Å². The SMILES string of the molecule is CC(C)OCCCCNC(=O)CC1CCC(N)CC1. The molecule has 0 atom stereocenters. The molecule has 0 spiro atoms. The molecule has 3 N–H and O–H groups in total. The average molecular weight is 270 g/mol. The summed E-state index contributed by atoms with van der Waals surface area (Å²) in [6.07, 6.45) is 7.34. The molecule has 1 saturated carbocycles. The highest BCUT2D eigenvalue weighted by Gasteiger charge is 2.20. The quantitative estimate of drug-likeness (QED) is 0.665. The maximum Gasteiger partial charge on any atom is 0.220 e. The molecule has 1 aliphatic rings. The zero-order valence-corrected chi connectivity index (χ0v) is 12.5. The first-order chi connectivity index (χ1) is 9.08. The smallest absolute Gasteiger partial charge is 0.220 e. The normalized spacial score (nSPS) is 23.6. The Kier molecular flexibility index (Phi) is 8.07. The summed E-state index contributed by atoms with van der Waals surface area (Å²) in [6, 6.07) is 0.361. The van der Waals surface area contributed by atoms with E-state index < -0.39 is 0 Å². The standard InChI is InChI=1S/C15H30N2O2/c1-12(2)19-10-4-3-9-17-15(18)11-13-5-7-14(16)8-6-13/h12-14H,3-11,16H2,1-2H3,(H,17,18). The fraction of sp³-hybridized carbons (Fsp3) is 0.933. The largest absolute Gasteiger partial charge is 0.379 e. The monoisotopic (exact) mass is 270 g/mol. The van der Waals surface area contributed by atoms with E-state index in [9.17, 15) is 4.79 Å². The molecule has 1 rings (SSSR count). The van der Waals surface area contributed by atoms with Crippen LogP contribution < -0.4 is 11.1 Å². The van der Waals surface area contributed by atoms with Gasteiger partial charge in [-0.2, -0.15) is 0 Å². The van der Waals surface area contributed by atoms with Crippen molar-refractivity contribution >= 4 is 5.91 Å². The van der Waals surface area contributed by atoms with Crippen molar-refractivity contribution in [2.24, 2.45) is 11.7 Å². The summed E-state index contributed by atoms with van der Waals surface area (Å²) >= 11 is 0. The number of ether oxygens (including phenoxy) is 1. The van der Waals surface area contributed by atoms with Crippen LogP contribution in [0.15, 0.2) is 0 Å². The zero-order chi connectivity index (χ0) is 14.1. The summed E-state index contributed by atoms with van der Waals surface area (Å²) in [5, 5.41) is 3.00. The van der Waals surface area contributed by atoms with Gasteiger partial charge >= 0.3 is 0 Å². The third kappa shape index (κ3) is 8.22. The first-order valence-corrected chi connectivity index (χ1v) is 7.71. The van der Waals surface area contributed by atoms with Crippen molar-refractivity contribution in [2.75, 3.05) is 13.2 Å². The lowest BCUT2D eigenvalue weighted by atomic mass is 9.84. The van der Waals surface area contributed by atoms with Crippen molar-refractivity contribution in [3.63, 3.8) is 0 Å². The highest BCUT2D eigenvalue weighted by molar-refractivity contribution is 5.76. The average Bonchev–Trinajstić information content (AvgIpc) is 2.36. The van der Waals surface area contributed by atoms with Gasteiger partial charge in [0.25, 0.3) is 0 Å². The highest BCUT2D eigenvalue weighted by atomic mass is 16.5. The minimum atomic E-state index is 0.199. The molecule has 0 radical (unpaired) electrons. The van der Waals surface area contributed by atoms with Gasteiger partial charge < -0.3 is 15.8 Å². The Balaban J connectivity index is 1.96. The van der Waals surface area contributed by atoms with E-state index in [4.69, 9.17) is 10.5 Å². The lowest BCUT2D eigenvalue weighted by molar-refractivity contribution is -0.122. The van der Waals surface area contributed by atoms with Crippen molar-refractivity contribution in [2.45, 2.75) is 70.9 Å². The number of carbonyl (C=O) groups is 1. The van der Waals surface area contributed by atoms with E-state index in [1.54, 1.807) is 0 Å². The fourth-order valence-corrected chi connectivity index (χ4v) is 2.50. The van der Waals surface area contributed by atoms with Gasteiger partial charge in [0.05, 0.1) is 6.10 Å². The Morgan fingerprint density at radius 3 is 2.58 bits per heavy atom. The van der Waals surface area contributed by atoms with Gasteiger partial charge in [-0.3, -0.25) is 4.79 Å². The minimum absolute atomic E-state index is 0.199. The van der Waals surface area contributed by atoms with Gasteiger partial charge in [-0.25, -0.2) is 0 Å². The molecule has 0 aromatic heterocycles. The molecule has 0 bridgehead atoms. The number of nitrogens with one attached hydrogen (secondary N) is 1. The number of nitrogens with two attached hydrogens (primary N) is 1. The van der Waals surface area contributed by atoms with Crippen LogP contribution in [0.5, 0.6) is 0 Å². The molecule has 1 amide bonds. The summed E-state index contributed by atoms with van der Waals surface area (Å²) in [5.41, 5.74) is 5.86. The predicted molar refractivity (Wildman–Crippen MR) is 77.9 cm³/mol. The van der Waals surface area contributed by atoms with E-state index in [-0.39, 0.29) is 5.91 Å². The number of hydrogen-bond donors (Lipinski definition) is 2. The Labute approximate surface area is 117 Å². The zero-order valence-electron chi connectivity index (χ0n) is 12.5. The van der Waals surface area contributed by atoms with Crippen LogP contribution in [0.4, 0.5) is 0 Å². The molecule has 0 saturated heterocycles. The molecule has 1 fully saturated rings. The fourth-order valence-electron chi connectivity index (χ4n) is 2.50. The number of carbonyl (C=O) groups excluding carboxylic acids is 1. The van der Waals surface area contributed by atoms with E-state index in [1.165, 1.54) is 0 Å². The first kappa shape index (κ1) is 16.4. The molecule has 4 nitrogen and oxygen atoms in total. The maximum absolute atomic E-state index is 11.8. The van der Waals surface area contributed by atoms with Gasteiger partial charge in [0.1, 0.15) is 0 Å². The second kappa shape index (κ2) is 9.32. The van der Waals surface area contributed by atoms with Gasteiger partial charge in [0.15, 0.2) is 0 Å². The number of hydrogen-bond acceptors (Lipinski definition) is 3. The van der Waals surface area contributed by atoms with Crippen LogP contribution in [-0.2, 0) is 9.53 Å². The summed E-state index contributed by atoms with van der Waals surface area (Å²) < 4.78 is 5.46. The van der Waals surface area contributed by atoms with Gasteiger partial charge in [-0.15, -0.1) is 0 Å². The number of amides is 1. The van der Waals surface area contributed by atoms with E-state index in [1.807, 2.05) is 13.8 Å². The summed E-state index contributed by atoms with van der Waals surface area (Å²) in [5.74, 6) is 0.745. The first-order valence-electron chi connectivity index (χ1n) is 7.71. The van der Waals surface area contributed by atoms with Crippen LogP contribution in [0.2, 0.25) is 0 Å². The van der Waals surface area contributed by atoms with E-state index in [0.29, 0.717) is 24.5 Å². The van der Waals surface area contributed by atoms with Gasteiger partial charge in [-0.05, 0) is 58.3 Å². The second-order valence-corrected chi connectivity index (χ2v) is 5.96. The van der Waals surface area contributed by atoms with Crippen molar-refractivity contribution in [1.82, 2.24) is 5.32 Å². The van der Waals surface area contributed by atoms with Gasteiger partial charge in [0, 0.05) is 25.6 Å². The number of unbranched alkanes of at least 4 members (excludes halogenated alkanes) is 1. The molecule has 0 heterocycles. The molecular formula is C15H30N2O2.